The van der Waals surface area contributed by atoms with Gasteiger partial charge in [-0.3, -0.25) is 9.59 Å². The molecule has 3 N–H and O–H groups in total. The highest BCUT2D eigenvalue weighted by molar-refractivity contribution is 6.42. The molecule has 1 amide bonds. The molecule has 5 nitrogen and oxygen atoms in total. The fourth-order valence-corrected chi connectivity index (χ4v) is 2.16. The first-order chi connectivity index (χ1) is 9.72. The first-order valence-electron chi connectivity index (χ1n) is 6.44. The van der Waals surface area contributed by atoms with Gasteiger partial charge in [0.25, 0.3) is 0 Å². The number of carbonyl (C=O) groups excluding carboxylic acids is 1. The SMILES string of the molecule is CC(C)N(Cc1ccc(Cl)c(Cl)c1)C(=O)C(N)CC(=O)O. The van der Waals surface area contributed by atoms with E-state index in [0.717, 1.165) is 5.56 Å². The number of nitrogens with zero attached hydrogens (tertiary/aromatic N) is 1. The smallest absolute Gasteiger partial charge is 0.305 e. The molecule has 1 aromatic rings. The van der Waals surface area contributed by atoms with E-state index in [0.29, 0.717) is 16.6 Å². The van der Waals surface area contributed by atoms with Crippen molar-refractivity contribution in [3.8, 4) is 0 Å². The maximum atomic E-state index is 12.3. The van der Waals surface area contributed by atoms with Crippen LogP contribution in [0.4, 0.5) is 0 Å². The molecule has 0 saturated carbocycles. The number of rotatable bonds is 6. The van der Waals surface area contributed by atoms with Crippen LogP contribution in [0, 0.1) is 0 Å². The van der Waals surface area contributed by atoms with E-state index in [4.69, 9.17) is 34.0 Å². The molecular formula is C14H18Cl2N2O3. The summed E-state index contributed by atoms with van der Waals surface area (Å²) in [6.07, 6.45) is -0.399. The first kappa shape index (κ1) is 17.8. The number of hydrogen-bond donors (Lipinski definition) is 2. The molecule has 0 saturated heterocycles. The molecule has 0 radical (unpaired) electrons. The predicted molar refractivity (Wildman–Crippen MR) is 82.4 cm³/mol. The fourth-order valence-electron chi connectivity index (χ4n) is 1.84. The second kappa shape index (κ2) is 7.64. The minimum Gasteiger partial charge on any atom is -0.481 e. The first-order valence-corrected chi connectivity index (χ1v) is 7.19. The highest BCUT2D eigenvalue weighted by Crippen LogP contribution is 2.23. The second-order valence-corrected chi connectivity index (χ2v) is 5.83. The summed E-state index contributed by atoms with van der Waals surface area (Å²) in [4.78, 5) is 24.4. The van der Waals surface area contributed by atoms with E-state index >= 15 is 0 Å². The number of hydrogen-bond acceptors (Lipinski definition) is 3. The van der Waals surface area contributed by atoms with Gasteiger partial charge in [-0.2, -0.15) is 0 Å². The Morgan fingerprint density at radius 1 is 1.29 bits per heavy atom. The van der Waals surface area contributed by atoms with Gasteiger partial charge in [-0.05, 0) is 31.5 Å². The Hall–Kier alpha value is -1.30. The molecule has 0 fully saturated rings. The van der Waals surface area contributed by atoms with Crippen LogP contribution < -0.4 is 5.73 Å². The van der Waals surface area contributed by atoms with Crippen LogP contribution in [0.2, 0.25) is 10.0 Å². The Balaban J connectivity index is 2.89. The molecule has 0 aliphatic heterocycles. The van der Waals surface area contributed by atoms with Crippen molar-refractivity contribution in [2.45, 2.75) is 38.9 Å². The standard InChI is InChI=1S/C14H18Cl2N2O3/c1-8(2)18(14(21)12(17)6-13(19)20)7-9-3-4-10(15)11(16)5-9/h3-5,8,12H,6-7,17H2,1-2H3,(H,19,20). The molecule has 0 bridgehead atoms. The largest absolute Gasteiger partial charge is 0.481 e. The molecule has 0 spiro atoms. The number of carbonyl (C=O) groups is 2. The number of nitrogens with two attached hydrogens (primary N) is 1. The van der Waals surface area contributed by atoms with E-state index in [-0.39, 0.29) is 6.04 Å². The minimum atomic E-state index is -1.10. The van der Waals surface area contributed by atoms with Crippen LogP contribution in [-0.4, -0.2) is 34.0 Å². The van der Waals surface area contributed by atoms with Gasteiger partial charge >= 0.3 is 5.97 Å². The van der Waals surface area contributed by atoms with Gasteiger partial charge in [-0.15, -0.1) is 0 Å². The summed E-state index contributed by atoms with van der Waals surface area (Å²) in [5, 5.41) is 9.57. The maximum absolute atomic E-state index is 12.3. The van der Waals surface area contributed by atoms with Gasteiger partial charge in [0.15, 0.2) is 0 Å². The van der Waals surface area contributed by atoms with Crippen LogP contribution in [0.5, 0.6) is 0 Å². The number of amides is 1. The number of benzene rings is 1. The van der Waals surface area contributed by atoms with Crippen LogP contribution in [0.15, 0.2) is 18.2 Å². The zero-order valence-corrected chi connectivity index (χ0v) is 13.4. The molecule has 1 atom stereocenters. The molecule has 7 heteroatoms. The van der Waals surface area contributed by atoms with E-state index in [1.165, 1.54) is 4.90 Å². The van der Waals surface area contributed by atoms with Crippen molar-refractivity contribution in [1.29, 1.82) is 0 Å². The van der Waals surface area contributed by atoms with E-state index < -0.39 is 24.3 Å². The van der Waals surface area contributed by atoms with Gasteiger partial charge in [-0.1, -0.05) is 29.3 Å². The Morgan fingerprint density at radius 3 is 2.38 bits per heavy atom. The molecule has 1 rings (SSSR count). The molecule has 0 aromatic heterocycles. The van der Waals surface area contributed by atoms with Gasteiger partial charge in [-0.25, -0.2) is 0 Å². The second-order valence-electron chi connectivity index (χ2n) is 5.01. The number of aliphatic carboxylic acids is 1. The minimum absolute atomic E-state index is 0.119. The molecule has 21 heavy (non-hydrogen) atoms. The molecule has 0 heterocycles. The molecule has 116 valence electrons. The summed E-state index contributed by atoms with van der Waals surface area (Å²) in [6.45, 7) is 3.96. The van der Waals surface area contributed by atoms with Crippen LogP contribution >= 0.6 is 23.2 Å². The molecule has 0 aliphatic rings. The Morgan fingerprint density at radius 2 is 1.90 bits per heavy atom. The molecule has 0 aliphatic carbocycles. The lowest BCUT2D eigenvalue weighted by Gasteiger charge is -2.29. The fraction of sp³-hybridized carbons (Fsp3) is 0.429. The van der Waals surface area contributed by atoms with Crippen molar-refractivity contribution in [3.63, 3.8) is 0 Å². The third-order valence-electron chi connectivity index (χ3n) is 2.96. The third kappa shape index (κ3) is 5.19. The van der Waals surface area contributed by atoms with Gasteiger partial charge in [0.1, 0.15) is 0 Å². The topological polar surface area (TPSA) is 83.6 Å². The summed E-state index contributed by atoms with van der Waals surface area (Å²) in [5.41, 5.74) is 6.45. The summed E-state index contributed by atoms with van der Waals surface area (Å²) in [7, 11) is 0. The van der Waals surface area contributed by atoms with Crippen molar-refractivity contribution in [1.82, 2.24) is 4.90 Å². The predicted octanol–water partition coefficient (Wildman–Crippen LogP) is 2.53. The van der Waals surface area contributed by atoms with Crippen molar-refractivity contribution in [3.05, 3.63) is 33.8 Å². The molecular weight excluding hydrogens is 315 g/mol. The quantitative estimate of drug-likeness (QED) is 0.838. The Kier molecular flexibility index (Phi) is 6.45. The van der Waals surface area contributed by atoms with Crippen LogP contribution in [0.3, 0.4) is 0 Å². The third-order valence-corrected chi connectivity index (χ3v) is 3.69. The van der Waals surface area contributed by atoms with E-state index in [2.05, 4.69) is 0 Å². The normalized spacial score (nSPS) is 12.3. The molecule has 1 aromatic carbocycles. The van der Waals surface area contributed by atoms with Crippen LogP contribution in [-0.2, 0) is 16.1 Å². The van der Waals surface area contributed by atoms with Crippen molar-refractivity contribution in [2.24, 2.45) is 5.73 Å². The highest BCUT2D eigenvalue weighted by Gasteiger charge is 2.25. The Labute approximate surface area is 133 Å². The summed E-state index contributed by atoms with van der Waals surface area (Å²) < 4.78 is 0. The number of halogens is 2. The maximum Gasteiger partial charge on any atom is 0.305 e. The lowest BCUT2D eigenvalue weighted by Crippen LogP contribution is -2.47. The average molecular weight is 333 g/mol. The summed E-state index contributed by atoms with van der Waals surface area (Å²) in [5.74, 6) is -1.51. The van der Waals surface area contributed by atoms with Crippen LogP contribution in [0.1, 0.15) is 25.8 Å². The van der Waals surface area contributed by atoms with Crippen molar-refractivity contribution >= 4 is 35.1 Å². The monoisotopic (exact) mass is 332 g/mol. The van der Waals surface area contributed by atoms with Crippen molar-refractivity contribution < 1.29 is 14.7 Å². The van der Waals surface area contributed by atoms with Gasteiger partial charge < -0.3 is 15.7 Å². The molecule has 1 unspecified atom stereocenters. The zero-order chi connectivity index (χ0) is 16.2. The van der Waals surface area contributed by atoms with E-state index in [1.54, 1.807) is 18.2 Å². The van der Waals surface area contributed by atoms with Gasteiger partial charge in [0.05, 0.1) is 22.5 Å². The highest BCUT2D eigenvalue weighted by atomic mass is 35.5. The Bertz CT molecular complexity index is 535. The van der Waals surface area contributed by atoms with Gasteiger partial charge in [0, 0.05) is 12.6 Å². The zero-order valence-electron chi connectivity index (χ0n) is 11.8. The summed E-state index contributed by atoms with van der Waals surface area (Å²) >= 11 is 11.8. The average Bonchev–Trinajstić information content (AvgIpc) is 2.38. The number of carboxylic acid groups (broad SMARTS) is 1. The number of carboxylic acids is 1. The lowest BCUT2D eigenvalue weighted by atomic mass is 10.1. The van der Waals surface area contributed by atoms with E-state index in [9.17, 15) is 9.59 Å². The van der Waals surface area contributed by atoms with Crippen LogP contribution in [0.25, 0.3) is 0 Å². The lowest BCUT2D eigenvalue weighted by molar-refractivity contribution is -0.143. The van der Waals surface area contributed by atoms with E-state index in [1.807, 2.05) is 13.8 Å². The van der Waals surface area contributed by atoms with Crippen molar-refractivity contribution in [2.75, 3.05) is 0 Å². The van der Waals surface area contributed by atoms with Gasteiger partial charge in [0.2, 0.25) is 5.91 Å². The summed E-state index contributed by atoms with van der Waals surface area (Å²) in [6, 6.07) is 3.91.